The van der Waals surface area contributed by atoms with Gasteiger partial charge in [0.2, 0.25) is 0 Å². The Morgan fingerprint density at radius 2 is 1.90 bits per heavy atom. The van der Waals surface area contributed by atoms with Crippen molar-refractivity contribution in [1.82, 2.24) is 5.32 Å². The van der Waals surface area contributed by atoms with Gasteiger partial charge < -0.3 is 19.5 Å². The third kappa shape index (κ3) is 3.29. The van der Waals surface area contributed by atoms with Crippen LogP contribution in [0.1, 0.15) is 24.9 Å². The molecule has 2 rings (SSSR count). The van der Waals surface area contributed by atoms with E-state index in [1.807, 2.05) is 18.2 Å². The fraction of sp³-hybridized carbons (Fsp3) is 0.562. The first-order chi connectivity index (χ1) is 10.1. The maximum atomic E-state index is 12.1. The zero-order valence-corrected chi connectivity index (χ0v) is 13.0. The average Bonchev–Trinajstić information content (AvgIpc) is 2.53. The van der Waals surface area contributed by atoms with Crippen molar-refractivity contribution < 1.29 is 19.0 Å². The molecule has 1 fully saturated rings. The van der Waals surface area contributed by atoms with Crippen LogP contribution >= 0.6 is 0 Å². The molecule has 0 aromatic heterocycles. The van der Waals surface area contributed by atoms with Crippen LogP contribution in [0, 0.1) is 11.8 Å². The van der Waals surface area contributed by atoms with Crippen molar-refractivity contribution in [3.63, 3.8) is 0 Å². The molecule has 116 valence electrons. The van der Waals surface area contributed by atoms with Crippen molar-refractivity contribution in [1.29, 1.82) is 0 Å². The largest absolute Gasteiger partial charge is 0.493 e. The summed E-state index contributed by atoms with van der Waals surface area (Å²) in [7, 11) is 4.65. The van der Waals surface area contributed by atoms with Gasteiger partial charge in [-0.3, -0.25) is 4.79 Å². The second-order valence-corrected chi connectivity index (χ2v) is 5.47. The van der Waals surface area contributed by atoms with E-state index in [0.717, 1.165) is 18.5 Å². The Labute approximate surface area is 125 Å². The molecule has 0 radical (unpaired) electrons. The van der Waals surface area contributed by atoms with E-state index >= 15 is 0 Å². The van der Waals surface area contributed by atoms with Crippen LogP contribution in [0.25, 0.3) is 0 Å². The van der Waals surface area contributed by atoms with Crippen LogP contribution in [0.15, 0.2) is 18.2 Å². The molecule has 0 saturated carbocycles. The van der Waals surface area contributed by atoms with Gasteiger partial charge in [-0.25, -0.2) is 0 Å². The summed E-state index contributed by atoms with van der Waals surface area (Å²) in [5, 5.41) is 3.44. The SMILES string of the molecule is COC(=O)[C@@H]1C[C@H](C)CN[C@@H]1c1ccc(OC)c(OC)c1. The smallest absolute Gasteiger partial charge is 0.310 e. The fourth-order valence-electron chi connectivity index (χ4n) is 2.90. The Morgan fingerprint density at radius 3 is 2.52 bits per heavy atom. The molecule has 5 heteroatoms. The molecule has 1 aliphatic heterocycles. The monoisotopic (exact) mass is 293 g/mol. The Balaban J connectivity index is 2.31. The molecule has 0 unspecified atom stereocenters. The summed E-state index contributed by atoms with van der Waals surface area (Å²) in [6.07, 6.45) is 0.818. The van der Waals surface area contributed by atoms with Crippen LogP contribution in [0.3, 0.4) is 0 Å². The van der Waals surface area contributed by atoms with Gasteiger partial charge in [-0.05, 0) is 36.6 Å². The number of hydrogen-bond donors (Lipinski definition) is 1. The van der Waals surface area contributed by atoms with E-state index in [4.69, 9.17) is 14.2 Å². The number of esters is 1. The highest BCUT2D eigenvalue weighted by Gasteiger charge is 2.35. The van der Waals surface area contributed by atoms with Crippen molar-refractivity contribution in [3.05, 3.63) is 23.8 Å². The fourth-order valence-corrected chi connectivity index (χ4v) is 2.90. The Morgan fingerprint density at radius 1 is 1.19 bits per heavy atom. The van der Waals surface area contributed by atoms with E-state index in [-0.39, 0.29) is 17.9 Å². The van der Waals surface area contributed by atoms with E-state index in [2.05, 4.69) is 12.2 Å². The van der Waals surface area contributed by atoms with Gasteiger partial charge in [0.05, 0.1) is 27.2 Å². The predicted molar refractivity (Wildman–Crippen MR) is 79.6 cm³/mol. The number of rotatable bonds is 4. The summed E-state index contributed by atoms with van der Waals surface area (Å²) >= 11 is 0. The van der Waals surface area contributed by atoms with E-state index in [0.29, 0.717) is 17.4 Å². The number of nitrogens with one attached hydrogen (secondary N) is 1. The van der Waals surface area contributed by atoms with Gasteiger partial charge in [0, 0.05) is 6.04 Å². The van der Waals surface area contributed by atoms with Crippen LogP contribution in [0.4, 0.5) is 0 Å². The van der Waals surface area contributed by atoms with Gasteiger partial charge >= 0.3 is 5.97 Å². The Hall–Kier alpha value is -1.75. The lowest BCUT2D eigenvalue weighted by Gasteiger charge is -2.34. The van der Waals surface area contributed by atoms with Gasteiger partial charge in [0.15, 0.2) is 11.5 Å². The molecule has 21 heavy (non-hydrogen) atoms. The summed E-state index contributed by atoms with van der Waals surface area (Å²) in [6, 6.07) is 5.68. The summed E-state index contributed by atoms with van der Waals surface area (Å²) in [6.45, 7) is 3.01. The molecule has 5 nitrogen and oxygen atoms in total. The van der Waals surface area contributed by atoms with Crippen molar-refractivity contribution in [2.24, 2.45) is 11.8 Å². The molecule has 0 amide bonds. The van der Waals surface area contributed by atoms with E-state index in [9.17, 15) is 4.79 Å². The van der Waals surface area contributed by atoms with Gasteiger partial charge in [0.1, 0.15) is 0 Å². The number of carbonyl (C=O) groups is 1. The minimum absolute atomic E-state index is 0.0616. The number of hydrogen-bond acceptors (Lipinski definition) is 5. The molecule has 3 atom stereocenters. The Kier molecular flexibility index (Phi) is 5.07. The van der Waals surface area contributed by atoms with Crippen LogP contribution in [-0.2, 0) is 9.53 Å². The molecule has 0 spiro atoms. The molecule has 0 aliphatic carbocycles. The van der Waals surface area contributed by atoms with E-state index in [1.54, 1.807) is 14.2 Å². The van der Waals surface area contributed by atoms with Crippen LogP contribution in [0.2, 0.25) is 0 Å². The van der Waals surface area contributed by atoms with E-state index < -0.39 is 0 Å². The van der Waals surface area contributed by atoms with E-state index in [1.165, 1.54) is 7.11 Å². The number of carbonyl (C=O) groups excluding carboxylic acids is 1. The van der Waals surface area contributed by atoms with Gasteiger partial charge in [-0.1, -0.05) is 13.0 Å². The first-order valence-corrected chi connectivity index (χ1v) is 7.13. The zero-order chi connectivity index (χ0) is 15.4. The van der Waals surface area contributed by atoms with Gasteiger partial charge in [-0.2, -0.15) is 0 Å². The van der Waals surface area contributed by atoms with Crippen LogP contribution in [0.5, 0.6) is 11.5 Å². The second-order valence-electron chi connectivity index (χ2n) is 5.47. The lowest BCUT2D eigenvalue weighted by atomic mass is 9.82. The standard InChI is InChI=1S/C16H23NO4/c1-10-7-12(16(18)21-4)15(17-9-10)11-5-6-13(19-2)14(8-11)20-3/h5-6,8,10,12,15,17H,7,9H2,1-4H3/t10-,12+,15+/m0/s1. The third-order valence-corrected chi connectivity index (χ3v) is 4.02. The third-order valence-electron chi connectivity index (χ3n) is 4.02. The zero-order valence-electron chi connectivity index (χ0n) is 13.0. The predicted octanol–water partition coefficient (Wildman–Crippen LogP) is 2.16. The Bertz CT molecular complexity index is 503. The van der Waals surface area contributed by atoms with Gasteiger partial charge in [-0.15, -0.1) is 0 Å². The highest BCUT2D eigenvalue weighted by molar-refractivity contribution is 5.73. The summed E-state index contributed by atoms with van der Waals surface area (Å²) in [5.41, 5.74) is 1.01. The van der Waals surface area contributed by atoms with Crippen molar-refractivity contribution >= 4 is 5.97 Å². The lowest BCUT2D eigenvalue weighted by Crippen LogP contribution is -2.42. The molecular weight excluding hydrogens is 270 g/mol. The highest BCUT2D eigenvalue weighted by atomic mass is 16.5. The highest BCUT2D eigenvalue weighted by Crippen LogP contribution is 2.36. The molecule has 1 aromatic carbocycles. The molecule has 1 aromatic rings. The molecule has 1 aliphatic rings. The molecule has 1 saturated heterocycles. The lowest BCUT2D eigenvalue weighted by molar-refractivity contribution is -0.148. The normalized spacial score (nSPS) is 25.2. The van der Waals surface area contributed by atoms with Crippen LogP contribution < -0.4 is 14.8 Å². The minimum atomic E-state index is -0.183. The number of benzene rings is 1. The molecule has 1 N–H and O–H groups in total. The average molecular weight is 293 g/mol. The van der Waals surface area contributed by atoms with Crippen molar-refractivity contribution in [3.8, 4) is 11.5 Å². The van der Waals surface area contributed by atoms with Crippen molar-refractivity contribution in [2.45, 2.75) is 19.4 Å². The van der Waals surface area contributed by atoms with Crippen molar-refractivity contribution in [2.75, 3.05) is 27.9 Å². The summed E-state index contributed by atoms with van der Waals surface area (Å²) < 4.78 is 15.6. The van der Waals surface area contributed by atoms with Crippen LogP contribution in [-0.4, -0.2) is 33.8 Å². The molecular formula is C16H23NO4. The quantitative estimate of drug-likeness (QED) is 0.862. The maximum absolute atomic E-state index is 12.1. The number of methoxy groups -OCH3 is 3. The molecule has 1 heterocycles. The first kappa shape index (κ1) is 15.6. The number of piperidine rings is 1. The maximum Gasteiger partial charge on any atom is 0.310 e. The number of ether oxygens (including phenoxy) is 3. The minimum Gasteiger partial charge on any atom is -0.493 e. The summed E-state index contributed by atoms with van der Waals surface area (Å²) in [5.74, 6) is 1.44. The summed E-state index contributed by atoms with van der Waals surface area (Å²) in [4.78, 5) is 12.1. The van der Waals surface area contributed by atoms with Gasteiger partial charge in [0.25, 0.3) is 0 Å². The first-order valence-electron chi connectivity index (χ1n) is 7.13. The second kappa shape index (κ2) is 6.80. The molecule has 0 bridgehead atoms. The topological polar surface area (TPSA) is 56.8 Å².